The van der Waals surface area contributed by atoms with Gasteiger partial charge in [0.1, 0.15) is 0 Å². The van der Waals surface area contributed by atoms with Gasteiger partial charge in [-0.2, -0.15) is 0 Å². The molecule has 0 saturated carbocycles. The molecule has 2 heterocycles. The Morgan fingerprint density at radius 2 is 2.04 bits per heavy atom. The summed E-state index contributed by atoms with van der Waals surface area (Å²) < 4.78 is 1.86. The first-order chi connectivity index (χ1) is 12.1. The average molecular weight is 374 g/mol. The molecule has 0 fully saturated rings. The fraction of sp³-hybridized carbons (Fsp3) is 0.176. The minimum absolute atomic E-state index is 0.0640. The maximum absolute atomic E-state index is 12.0. The van der Waals surface area contributed by atoms with Crippen LogP contribution in [0.4, 0.5) is 0 Å². The van der Waals surface area contributed by atoms with Crippen LogP contribution in [0.2, 0.25) is 5.02 Å². The van der Waals surface area contributed by atoms with Crippen LogP contribution in [0.1, 0.15) is 5.56 Å². The summed E-state index contributed by atoms with van der Waals surface area (Å²) in [6, 6.07) is 11.1. The van der Waals surface area contributed by atoms with E-state index in [2.05, 4.69) is 20.5 Å². The van der Waals surface area contributed by atoms with Gasteiger partial charge in [0.25, 0.3) is 0 Å². The molecule has 3 aromatic rings. The third-order valence-electron chi connectivity index (χ3n) is 3.49. The van der Waals surface area contributed by atoms with Gasteiger partial charge in [0.05, 0.1) is 5.75 Å². The molecule has 3 rings (SSSR count). The molecule has 0 spiro atoms. The van der Waals surface area contributed by atoms with E-state index in [1.807, 2.05) is 35.9 Å². The van der Waals surface area contributed by atoms with E-state index >= 15 is 0 Å². The highest BCUT2D eigenvalue weighted by atomic mass is 35.5. The first-order valence-corrected chi connectivity index (χ1v) is 8.93. The van der Waals surface area contributed by atoms with Crippen molar-refractivity contribution in [3.8, 4) is 11.4 Å². The number of amides is 1. The van der Waals surface area contributed by atoms with E-state index < -0.39 is 0 Å². The summed E-state index contributed by atoms with van der Waals surface area (Å²) in [6.07, 6.45) is 3.44. The highest BCUT2D eigenvalue weighted by Gasteiger charge is 2.12. The summed E-state index contributed by atoms with van der Waals surface area (Å²) in [5.41, 5.74) is 1.89. The third-order valence-corrected chi connectivity index (χ3v) is 4.76. The van der Waals surface area contributed by atoms with E-state index in [0.717, 1.165) is 17.0 Å². The molecule has 8 heteroatoms. The molecule has 0 aliphatic heterocycles. The zero-order chi connectivity index (χ0) is 17.6. The molecule has 0 atom stereocenters. The number of nitrogens with one attached hydrogen (secondary N) is 1. The Balaban J connectivity index is 1.54. The molecule has 0 saturated heterocycles. The molecule has 1 aromatic carbocycles. The van der Waals surface area contributed by atoms with Gasteiger partial charge in [-0.1, -0.05) is 35.5 Å². The van der Waals surface area contributed by atoms with Gasteiger partial charge < -0.3 is 9.88 Å². The van der Waals surface area contributed by atoms with Crippen LogP contribution in [0, 0.1) is 0 Å². The maximum atomic E-state index is 12.0. The lowest BCUT2D eigenvalue weighted by molar-refractivity contribution is -0.118. The summed E-state index contributed by atoms with van der Waals surface area (Å²) >= 11 is 7.19. The van der Waals surface area contributed by atoms with Crippen LogP contribution in [-0.2, 0) is 18.4 Å². The van der Waals surface area contributed by atoms with E-state index in [-0.39, 0.29) is 11.7 Å². The Labute approximate surface area is 154 Å². The monoisotopic (exact) mass is 373 g/mol. The number of rotatable bonds is 6. The van der Waals surface area contributed by atoms with E-state index in [1.54, 1.807) is 24.5 Å². The van der Waals surface area contributed by atoms with Crippen molar-refractivity contribution in [2.45, 2.75) is 11.7 Å². The van der Waals surface area contributed by atoms with Gasteiger partial charge in [-0.25, -0.2) is 0 Å². The highest BCUT2D eigenvalue weighted by Crippen LogP contribution is 2.21. The van der Waals surface area contributed by atoms with Crippen LogP contribution in [0.25, 0.3) is 11.4 Å². The predicted octanol–water partition coefficient (Wildman–Crippen LogP) is 2.94. The van der Waals surface area contributed by atoms with Crippen molar-refractivity contribution >= 4 is 29.3 Å². The van der Waals surface area contributed by atoms with Gasteiger partial charge in [0, 0.05) is 36.6 Å². The topological polar surface area (TPSA) is 72.7 Å². The van der Waals surface area contributed by atoms with Crippen molar-refractivity contribution in [1.82, 2.24) is 25.1 Å². The van der Waals surface area contributed by atoms with Crippen molar-refractivity contribution < 1.29 is 4.79 Å². The quantitative estimate of drug-likeness (QED) is 0.672. The van der Waals surface area contributed by atoms with Crippen molar-refractivity contribution in [3.05, 3.63) is 59.4 Å². The first-order valence-electron chi connectivity index (χ1n) is 7.57. The normalized spacial score (nSPS) is 10.6. The van der Waals surface area contributed by atoms with Crippen molar-refractivity contribution in [1.29, 1.82) is 0 Å². The van der Waals surface area contributed by atoms with E-state index in [0.29, 0.717) is 16.7 Å². The SMILES string of the molecule is Cn1c(SCC(=O)NCc2ccc(Cl)cc2)nnc1-c1cccnc1. The van der Waals surface area contributed by atoms with Crippen LogP contribution in [0.5, 0.6) is 0 Å². The highest BCUT2D eigenvalue weighted by molar-refractivity contribution is 7.99. The van der Waals surface area contributed by atoms with E-state index in [4.69, 9.17) is 11.6 Å². The number of hydrogen-bond donors (Lipinski definition) is 1. The van der Waals surface area contributed by atoms with Crippen LogP contribution in [-0.4, -0.2) is 31.4 Å². The molecule has 0 radical (unpaired) electrons. The molecule has 25 heavy (non-hydrogen) atoms. The Morgan fingerprint density at radius 1 is 1.24 bits per heavy atom. The summed E-state index contributed by atoms with van der Waals surface area (Å²) in [7, 11) is 1.87. The molecule has 0 unspecified atom stereocenters. The number of pyridine rings is 1. The first kappa shape index (κ1) is 17.4. The number of carbonyl (C=O) groups excluding carboxylic acids is 1. The van der Waals surface area contributed by atoms with Crippen LogP contribution >= 0.6 is 23.4 Å². The van der Waals surface area contributed by atoms with Crippen LogP contribution in [0.15, 0.2) is 53.9 Å². The number of halogens is 1. The summed E-state index contributed by atoms with van der Waals surface area (Å²) in [4.78, 5) is 16.1. The van der Waals surface area contributed by atoms with Crippen molar-refractivity contribution in [3.63, 3.8) is 0 Å². The molecule has 1 N–H and O–H groups in total. The van der Waals surface area contributed by atoms with Crippen LogP contribution < -0.4 is 5.32 Å². The smallest absolute Gasteiger partial charge is 0.230 e. The number of thioether (sulfide) groups is 1. The minimum atomic E-state index is -0.0640. The van der Waals surface area contributed by atoms with Gasteiger partial charge in [-0.15, -0.1) is 10.2 Å². The van der Waals surface area contributed by atoms with Crippen molar-refractivity contribution in [2.24, 2.45) is 7.05 Å². The Kier molecular flexibility index (Phi) is 5.67. The van der Waals surface area contributed by atoms with Gasteiger partial charge >= 0.3 is 0 Å². The summed E-state index contributed by atoms with van der Waals surface area (Å²) in [5, 5.41) is 12.6. The Morgan fingerprint density at radius 3 is 2.76 bits per heavy atom. The zero-order valence-corrected chi connectivity index (χ0v) is 15.1. The molecular formula is C17H16ClN5OS. The number of benzene rings is 1. The molecule has 2 aromatic heterocycles. The Bertz CT molecular complexity index is 851. The minimum Gasteiger partial charge on any atom is -0.351 e. The maximum Gasteiger partial charge on any atom is 0.230 e. The molecular weight excluding hydrogens is 358 g/mol. The summed E-state index contributed by atoms with van der Waals surface area (Å²) in [6.45, 7) is 0.469. The van der Waals surface area contributed by atoms with Gasteiger partial charge in [-0.3, -0.25) is 9.78 Å². The largest absolute Gasteiger partial charge is 0.351 e. The second-order valence-electron chi connectivity index (χ2n) is 5.30. The molecule has 0 bridgehead atoms. The fourth-order valence-corrected chi connectivity index (χ4v) is 3.04. The lowest BCUT2D eigenvalue weighted by atomic mass is 10.2. The second-order valence-corrected chi connectivity index (χ2v) is 6.68. The van der Waals surface area contributed by atoms with E-state index in [1.165, 1.54) is 11.8 Å². The standard InChI is InChI=1S/C17H16ClN5OS/c1-23-16(13-3-2-8-19-10-13)21-22-17(23)25-11-15(24)20-9-12-4-6-14(18)7-5-12/h2-8,10H,9,11H2,1H3,(H,20,24). The third kappa shape index (κ3) is 4.58. The molecule has 0 aliphatic rings. The molecule has 128 valence electrons. The lowest BCUT2D eigenvalue weighted by Gasteiger charge is -2.06. The lowest BCUT2D eigenvalue weighted by Crippen LogP contribution is -2.24. The molecule has 0 aliphatic carbocycles. The number of nitrogens with zero attached hydrogens (tertiary/aromatic N) is 4. The number of carbonyl (C=O) groups is 1. The van der Waals surface area contributed by atoms with Gasteiger partial charge in [0.15, 0.2) is 11.0 Å². The number of hydrogen-bond acceptors (Lipinski definition) is 5. The Hall–Kier alpha value is -2.38. The second kappa shape index (κ2) is 8.13. The van der Waals surface area contributed by atoms with Gasteiger partial charge in [-0.05, 0) is 29.8 Å². The van der Waals surface area contributed by atoms with Crippen molar-refractivity contribution in [2.75, 3.05) is 5.75 Å². The van der Waals surface area contributed by atoms with Crippen LogP contribution in [0.3, 0.4) is 0 Å². The number of aromatic nitrogens is 4. The molecule has 1 amide bonds. The summed E-state index contributed by atoms with van der Waals surface area (Å²) in [5.74, 6) is 0.926. The zero-order valence-electron chi connectivity index (χ0n) is 13.5. The van der Waals surface area contributed by atoms with E-state index in [9.17, 15) is 4.79 Å². The fourth-order valence-electron chi connectivity index (χ4n) is 2.17. The average Bonchev–Trinajstić information content (AvgIpc) is 3.01. The molecule has 6 nitrogen and oxygen atoms in total. The predicted molar refractivity (Wildman–Crippen MR) is 98.3 cm³/mol. The van der Waals surface area contributed by atoms with Gasteiger partial charge in [0.2, 0.25) is 5.91 Å².